The van der Waals surface area contributed by atoms with Crippen LogP contribution in [0.1, 0.15) is 45.1 Å². The van der Waals surface area contributed by atoms with Crippen LogP contribution in [-0.4, -0.2) is 18.1 Å². The van der Waals surface area contributed by atoms with E-state index in [9.17, 15) is 10.1 Å². The molecule has 1 atom stereocenters. The molecule has 0 radical (unpaired) electrons. The molecular weight excluding hydrogens is 264 g/mol. The molecule has 112 valence electrons. The third-order valence-corrected chi connectivity index (χ3v) is 3.92. The Balaban J connectivity index is 1.89. The molecule has 0 spiro atoms. The van der Waals surface area contributed by atoms with E-state index >= 15 is 0 Å². The summed E-state index contributed by atoms with van der Waals surface area (Å²) in [5, 5.41) is 12.0. The number of benzene rings is 1. The quantitative estimate of drug-likeness (QED) is 0.874. The molecule has 0 saturated heterocycles. The lowest BCUT2D eigenvalue weighted by atomic mass is 9.98. The number of carbonyl (C=O) groups excluding carboxylic acids is 1. The van der Waals surface area contributed by atoms with E-state index in [0.29, 0.717) is 11.7 Å². The lowest BCUT2D eigenvalue weighted by Crippen LogP contribution is -2.48. The number of carbonyl (C=O) groups is 1. The van der Waals surface area contributed by atoms with Gasteiger partial charge in [-0.15, -0.1) is 0 Å². The fourth-order valence-corrected chi connectivity index (χ4v) is 2.32. The van der Waals surface area contributed by atoms with Crippen LogP contribution in [0.2, 0.25) is 0 Å². The first-order valence-corrected chi connectivity index (χ1v) is 7.39. The van der Waals surface area contributed by atoms with Crippen molar-refractivity contribution in [3.05, 3.63) is 29.8 Å². The molecule has 2 rings (SSSR count). The van der Waals surface area contributed by atoms with Gasteiger partial charge in [0.25, 0.3) is 5.91 Å². The van der Waals surface area contributed by atoms with E-state index in [1.54, 1.807) is 6.92 Å². The molecule has 1 N–H and O–H groups in total. The first kappa shape index (κ1) is 15.4. The summed E-state index contributed by atoms with van der Waals surface area (Å²) < 4.78 is 5.53. The summed E-state index contributed by atoms with van der Waals surface area (Å²) in [7, 11) is 0. The van der Waals surface area contributed by atoms with Crippen molar-refractivity contribution in [3.8, 4) is 11.8 Å². The van der Waals surface area contributed by atoms with Crippen LogP contribution in [0.4, 0.5) is 0 Å². The fraction of sp³-hybridized carbons (Fsp3) is 0.529. The molecule has 1 amide bonds. The number of nitriles is 1. The van der Waals surface area contributed by atoms with E-state index in [-0.39, 0.29) is 18.4 Å². The summed E-state index contributed by atoms with van der Waals surface area (Å²) in [4.78, 5) is 12.0. The molecular formula is C17H22N2O2. The molecule has 1 saturated carbocycles. The Morgan fingerprint density at radius 3 is 2.81 bits per heavy atom. The van der Waals surface area contributed by atoms with Crippen molar-refractivity contribution in [2.75, 3.05) is 6.61 Å². The molecule has 4 heteroatoms. The summed E-state index contributed by atoms with van der Waals surface area (Å²) in [5.41, 5.74) is 0.410. The minimum atomic E-state index is -0.764. The van der Waals surface area contributed by atoms with E-state index in [4.69, 9.17) is 4.74 Å². The third-order valence-electron chi connectivity index (χ3n) is 3.92. The first-order valence-electron chi connectivity index (χ1n) is 7.39. The number of hydrogen-bond donors (Lipinski definition) is 1. The number of hydrogen-bond acceptors (Lipinski definition) is 3. The Bertz CT molecular complexity index is 558. The average Bonchev–Trinajstić information content (AvgIpc) is 3.30. The van der Waals surface area contributed by atoms with E-state index in [0.717, 1.165) is 12.8 Å². The van der Waals surface area contributed by atoms with Crippen molar-refractivity contribution in [3.63, 3.8) is 0 Å². The van der Waals surface area contributed by atoms with Gasteiger partial charge in [0.2, 0.25) is 0 Å². The second-order valence-corrected chi connectivity index (χ2v) is 6.15. The van der Waals surface area contributed by atoms with Crippen LogP contribution in [0.3, 0.4) is 0 Å². The molecule has 0 aromatic heterocycles. The number of nitrogens with zero attached hydrogens (tertiary/aromatic N) is 1. The molecule has 1 aromatic carbocycles. The van der Waals surface area contributed by atoms with Crippen molar-refractivity contribution in [1.29, 1.82) is 5.26 Å². The molecule has 1 aromatic rings. The van der Waals surface area contributed by atoms with Crippen molar-refractivity contribution in [1.82, 2.24) is 5.32 Å². The van der Waals surface area contributed by atoms with Crippen molar-refractivity contribution < 1.29 is 9.53 Å². The summed E-state index contributed by atoms with van der Waals surface area (Å²) in [6.45, 7) is 5.94. The van der Waals surface area contributed by atoms with Gasteiger partial charge in [-0.25, -0.2) is 0 Å². The maximum Gasteiger partial charge on any atom is 0.259 e. The normalized spacial score (nSPS) is 16.9. The van der Waals surface area contributed by atoms with Gasteiger partial charge in [-0.1, -0.05) is 26.0 Å². The van der Waals surface area contributed by atoms with Crippen LogP contribution in [0.25, 0.3) is 0 Å². The predicted molar refractivity (Wildman–Crippen MR) is 80.9 cm³/mol. The number of amides is 1. The topological polar surface area (TPSA) is 62.1 Å². The summed E-state index contributed by atoms with van der Waals surface area (Å²) in [5.74, 6) is 1.12. The van der Waals surface area contributed by atoms with E-state index in [1.807, 2.05) is 24.3 Å². The van der Waals surface area contributed by atoms with Gasteiger partial charge < -0.3 is 10.1 Å². The molecule has 0 heterocycles. The van der Waals surface area contributed by atoms with Crippen molar-refractivity contribution in [2.24, 2.45) is 5.92 Å². The van der Waals surface area contributed by atoms with Crippen LogP contribution in [0.15, 0.2) is 24.3 Å². The Morgan fingerprint density at radius 1 is 1.52 bits per heavy atom. The minimum absolute atomic E-state index is 0.0639. The molecule has 21 heavy (non-hydrogen) atoms. The minimum Gasteiger partial charge on any atom is -0.484 e. The Hall–Kier alpha value is -2.02. The summed E-state index contributed by atoms with van der Waals surface area (Å²) in [6.07, 6.45) is 2.00. The number of ether oxygens (including phenoxy) is 1. The Labute approximate surface area is 126 Å². The van der Waals surface area contributed by atoms with Gasteiger partial charge in [0.05, 0.1) is 6.07 Å². The molecule has 1 fully saturated rings. The standard InChI is InChI=1S/C17H22N2O2/c1-12(2)13-5-4-6-15(9-13)21-10-16(20)19-17(3,11-18)14-7-8-14/h4-6,9,12,14H,7-8,10H2,1-3H3,(H,19,20)/t17-/m1/s1. The van der Waals surface area contributed by atoms with E-state index in [2.05, 4.69) is 25.2 Å². The maximum absolute atomic E-state index is 12.0. The molecule has 0 unspecified atom stereocenters. The van der Waals surface area contributed by atoms with E-state index in [1.165, 1.54) is 5.56 Å². The highest BCUT2D eigenvalue weighted by Crippen LogP contribution is 2.39. The van der Waals surface area contributed by atoms with Crippen LogP contribution in [0.5, 0.6) is 5.75 Å². The number of nitrogens with one attached hydrogen (secondary N) is 1. The lowest BCUT2D eigenvalue weighted by Gasteiger charge is -2.22. The highest BCUT2D eigenvalue weighted by atomic mass is 16.5. The van der Waals surface area contributed by atoms with Crippen LogP contribution in [-0.2, 0) is 4.79 Å². The van der Waals surface area contributed by atoms with Crippen LogP contribution < -0.4 is 10.1 Å². The predicted octanol–water partition coefficient (Wildman–Crippen LogP) is 3.00. The molecule has 1 aliphatic carbocycles. The van der Waals surface area contributed by atoms with E-state index < -0.39 is 5.54 Å². The smallest absolute Gasteiger partial charge is 0.259 e. The first-order chi connectivity index (χ1) is 9.94. The van der Waals surface area contributed by atoms with Crippen molar-refractivity contribution >= 4 is 5.91 Å². The second-order valence-electron chi connectivity index (χ2n) is 6.15. The van der Waals surface area contributed by atoms with Gasteiger partial charge in [0.1, 0.15) is 11.3 Å². The van der Waals surface area contributed by atoms with Gasteiger partial charge in [-0.2, -0.15) is 5.26 Å². The summed E-state index contributed by atoms with van der Waals surface area (Å²) >= 11 is 0. The highest BCUT2D eigenvalue weighted by Gasteiger charge is 2.43. The Kier molecular flexibility index (Phi) is 4.52. The number of rotatable bonds is 6. The lowest BCUT2D eigenvalue weighted by molar-refractivity contribution is -0.124. The zero-order chi connectivity index (χ0) is 15.5. The monoisotopic (exact) mass is 286 g/mol. The Morgan fingerprint density at radius 2 is 2.24 bits per heavy atom. The average molecular weight is 286 g/mol. The molecule has 1 aliphatic rings. The van der Waals surface area contributed by atoms with Crippen molar-refractivity contribution in [2.45, 2.75) is 45.1 Å². The molecule has 0 bridgehead atoms. The zero-order valence-corrected chi connectivity index (χ0v) is 12.8. The van der Waals surface area contributed by atoms with Gasteiger partial charge in [0, 0.05) is 0 Å². The van der Waals surface area contributed by atoms with Gasteiger partial charge in [0.15, 0.2) is 6.61 Å². The summed E-state index contributed by atoms with van der Waals surface area (Å²) in [6, 6.07) is 9.95. The zero-order valence-electron chi connectivity index (χ0n) is 12.8. The fourth-order valence-electron chi connectivity index (χ4n) is 2.32. The molecule has 0 aliphatic heterocycles. The molecule has 4 nitrogen and oxygen atoms in total. The van der Waals surface area contributed by atoms with Crippen LogP contribution >= 0.6 is 0 Å². The largest absolute Gasteiger partial charge is 0.484 e. The SMILES string of the molecule is CC(C)c1cccc(OCC(=O)N[C@](C)(C#N)C2CC2)c1. The van der Waals surface area contributed by atoms with Gasteiger partial charge >= 0.3 is 0 Å². The second kappa shape index (κ2) is 6.17. The maximum atomic E-state index is 12.0. The highest BCUT2D eigenvalue weighted by molar-refractivity contribution is 5.79. The third kappa shape index (κ3) is 3.98. The van der Waals surface area contributed by atoms with Crippen LogP contribution in [0, 0.1) is 17.2 Å². The van der Waals surface area contributed by atoms with Gasteiger partial charge in [-0.3, -0.25) is 4.79 Å². The van der Waals surface area contributed by atoms with Gasteiger partial charge in [-0.05, 0) is 49.3 Å².